The Kier molecular flexibility index (Phi) is 4.65. The van der Waals surface area contributed by atoms with Crippen molar-refractivity contribution < 1.29 is 14.0 Å². The van der Waals surface area contributed by atoms with Gasteiger partial charge in [-0.3, -0.25) is 14.6 Å². The molecule has 1 aromatic carbocycles. The summed E-state index contributed by atoms with van der Waals surface area (Å²) in [6.07, 6.45) is 2.04. The molecule has 0 bridgehead atoms. The van der Waals surface area contributed by atoms with Gasteiger partial charge in [0.25, 0.3) is 0 Å². The van der Waals surface area contributed by atoms with Crippen LogP contribution in [0.4, 0.5) is 15.8 Å². The zero-order valence-corrected chi connectivity index (χ0v) is 13.9. The van der Waals surface area contributed by atoms with Gasteiger partial charge in [0, 0.05) is 19.3 Å². The molecular formula is C18H19FN4O2. The Morgan fingerprint density at radius 3 is 2.80 bits per heavy atom. The average Bonchev–Trinajstić information content (AvgIpc) is 2.98. The Hall–Kier alpha value is -2.96. The Balaban J connectivity index is 1.69. The highest BCUT2D eigenvalue weighted by molar-refractivity contribution is 6.01. The predicted molar refractivity (Wildman–Crippen MR) is 92.3 cm³/mol. The van der Waals surface area contributed by atoms with Crippen LogP contribution < -0.4 is 10.6 Å². The molecule has 7 heteroatoms. The lowest BCUT2D eigenvalue weighted by Crippen LogP contribution is -2.43. The summed E-state index contributed by atoms with van der Waals surface area (Å²) in [5.74, 6) is -0.936. The molecule has 25 heavy (non-hydrogen) atoms. The fourth-order valence-corrected chi connectivity index (χ4v) is 2.93. The minimum atomic E-state index is -0.596. The van der Waals surface area contributed by atoms with E-state index in [0.717, 1.165) is 0 Å². The Morgan fingerprint density at radius 2 is 2.12 bits per heavy atom. The van der Waals surface area contributed by atoms with Crippen LogP contribution in [0.25, 0.3) is 0 Å². The standard InChI is InChI=1S/C18H19FN4O2/c1-22(17(24)10-13-7-6-12(20)11-21-13)16-8-9-23(18(16)25)15-5-3-2-4-14(15)19/h2-7,11,16H,8-10,20H2,1H3. The molecule has 6 nitrogen and oxygen atoms in total. The molecule has 0 aliphatic carbocycles. The molecule has 2 aromatic rings. The van der Waals surface area contributed by atoms with Gasteiger partial charge in [0.05, 0.1) is 24.0 Å². The summed E-state index contributed by atoms with van der Waals surface area (Å²) in [7, 11) is 1.59. The van der Waals surface area contributed by atoms with Gasteiger partial charge in [0.1, 0.15) is 11.9 Å². The number of likely N-dealkylation sites (N-methyl/N-ethyl adjacent to an activating group) is 1. The van der Waals surface area contributed by atoms with E-state index in [1.807, 2.05) is 0 Å². The summed E-state index contributed by atoms with van der Waals surface area (Å²) in [6.45, 7) is 0.377. The normalized spacial score (nSPS) is 17.0. The second-order valence-electron chi connectivity index (χ2n) is 6.01. The van der Waals surface area contributed by atoms with Crippen molar-refractivity contribution in [2.75, 3.05) is 24.2 Å². The molecule has 1 aliphatic rings. The van der Waals surface area contributed by atoms with E-state index in [1.54, 1.807) is 37.4 Å². The number of carbonyl (C=O) groups excluding carboxylic acids is 2. The second kappa shape index (κ2) is 6.88. The van der Waals surface area contributed by atoms with Crippen LogP contribution in [0.5, 0.6) is 0 Å². The Bertz CT molecular complexity index is 794. The van der Waals surface area contributed by atoms with Gasteiger partial charge in [-0.1, -0.05) is 12.1 Å². The van der Waals surface area contributed by atoms with E-state index in [1.165, 1.54) is 22.1 Å². The summed E-state index contributed by atoms with van der Waals surface area (Å²) in [4.78, 5) is 32.0. The van der Waals surface area contributed by atoms with Crippen molar-refractivity contribution in [3.63, 3.8) is 0 Å². The molecule has 2 heterocycles. The molecule has 1 atom stereocenters. The van der Waals surface area contributed by atoms with E-state index >= 15 is 0 Å². The summed E-state index contributed by atoms with van der Waals surface area (Å²) in [6, 6.07) is 8.90. The first-order valence-corrected chi connectivity index (χ1v) is 7.99. The van der Waals surface area contributed by atoms with E-state index in [2.05, 4.69) is 4.98 Å². The third-order valence-electron chi connectivity index (χ3n) is 4.36. The van der Waals surface area contributed by atoms with Crippen LogP contribution in [0.2, 0.25) is 0 Å². The number of aromatic nitrogens is 1. The number of para-hydroxylation sites is 1. The quantitative estimate of drug-likeness (QED) is 0.915. The molecule has 1 unspecified atom stereocenters. The molecule has 1 saturated heterocycles. The summed E-state index contributed by atoms with van der Waals surface area (Å²) in [5.41, 5.74) is 6.94. The first-order chi connectivity index (χ1) is 12.0. The van der Waals surface area contributed by atoms with Crippen LogP contribution in [-0.2, 0) is 16.0 Å². The van der Waals surface area contributed by atoms with Crippen molar-refractivity contribution in [3.8, 4) is 0 Å². The second-order valence-corrected chi connectivity index (χ2v) is 6.01. The van der Waals surface area contributed by atoms with Crippen LogP contribution in [-0.4, -0.2) is 41.3 Å². The number of carbonyl (C=O) groups is 2. The van der Waals surface area contributed by atoms with Gasteiger partial charge in [0.2, 0.25) is 11.8 Å². The maximum absolute atomic E-state index is 13.9. The number of anilines is 2. The fraction of sp³-hybridized carbons (Fsp3) is 0.278. The van der Waals surface area contributed by atoms with Gasteiger partial charge in [0.15, 0.2) is 0 Å². The van der Waals surface area contributed by atoms with E-state index < -0.39 is 11.9 Å². The zero-order chi connectivity index (χ0) is 18.0. The van der Waals surface area contributed by atoms with Crippen LogP contribution in [0.15, 0.2) is 42.6 Å². The lowest BCUT2D eigenvalue weighted by molar-refractivity contribution is -0.136. The number of benzene rings is 1. The number of hydrogen-bond donors (Lipinski definition) is 1. The maximum Gasteiger partial charge on any atom is 0.249 e. The van der Waals surface area contributed by atoms with Crippen LogP contribution >= 0.6 is 0 Å². The smallest absolute Gasteiger partial charge is 0.249 e. The highest BCUT2D eigenvalue weighted by atomic mass is 19.1. The van der Waals surface area contributed by atoms with Crippen molar-refractivity contribution in [1.82, 2.24) is 9.88 Å². The fourth-order valence-electron chi connectivity index (χ4n) is 2.93. The molecule has 3 rings (SSSR count). The monoisotopic (exact) mass is 342 g/mol. The van der Waals surface area contributed by atoms with E-state index in [0.29, 0.717) is 24.3 Å². The van der Waals surface area contributed by atoms with Crippen molar-refractivity contribution in [3.05, 3.63) is 54.1 Å². The molecule has 2 N–H and O–H groups in total. The Morgan fingerprint density at radius 1 is 1.36 bits per heavy atom. The van der Waals surface area contributed by atoms with Gasteiger partial charge in [-0.05, 0) is 30.7 Å². The lowest BCUT2D eigenvalue weighted by atomic mass is 10.2. The molecular weight excluding hydrogens is 323 g/mol. The lowest BCUT2D eigenvalue weighted by Gasteiger charge is -2.24. The number of hydrogen-bond acceptors (Lipinski definition) is 4. The van der Waals surface area contributed by atoms with E-state index in [-0.39, 0.29) is 23.9 Å². The largest absolute Gasteiger partial charge is 0.397 e. The van der Waals surface area contributed by atoms with Crippen molar-refractivity contribution >= 4 is 23.2 Å². The average molecular weight is 342 g/mol. The van der Waals surface area contributed by atoms with Gasteiger partial charge in [-0.2, -0.15) is 0 Å². The van der Waals surface area contributed by atoms with Crippen molar-refractivity contribution in [2.24, 2.45) is 0 Å². The van der Waals surface area contributed by atoms with Gasteiger partial charge < -0.3 is 15.5 Å². The van der Waals surface area contributed by atoms with Gasteiger partial charge >= 0.3 is 0 Å². The van der Waals surface area contributed by atoms with Crippen LogP contribution in [0, 0.1) is 5.82 Å². The number of halogens is 1. The Labute approximate surface area is 145 Å². The molecule has 1 fully saturated rings. The van der Waals surface area contributed by atoms with Gasteiger partial charge in [-0.15, -0.1) is 0 Å². The molecule has 1 aromatic heterocycles. The third-order valence-corrected chi connectivity index (χ3v) is 4.36. The first-order valence-electron chi connectivity index (χ1n) is 7.99. The molecule has 130 valence electrons. The summed E-state index contributed by atoms with van der Waals surface area (Å²) < 4.78 is 13.9. The highest BCUT2D eigenvalue weighted by Gasteiger charge is 2.37. The summed E-state index contributed by atoms with van der Waals surface area (Å²) >= 11 is 0. The number of pyridine rings is 1. The molecule has 0 radical (unpaired) electrons. The van der Waals surface area contributed by atoms with Crippen molar-refractivity contribution in [2.45, 2.75) is 18.9 Å². The minimum absolute atomic E-state index is 0.0836. The van der Waals surface area contributed by atoms with Crippen LogP contribution in [0.3, 0.4) is 0 Å². The summed E-state index contributed by atoms with van der Waals surface area (Å²) in [5, 5.41) is 0. The van der Waals surface area contributed by atoms with E-state index in [9.17, 15) is 14.0 Å². The minimum Gasteiger partial charge on any atom is -0.397 e. The van der Waals surface area contributed by atoms with Crippen LogP contribution in [0.1, 0.15) is 12.1 Å². The SMILES string of the molecule is CN(C(=O)Cc1ccc(N)cn1)C1CCN(c2ccccc2F)C1=O. The highest BCUT2D eigenvalue weighted by Crippen LogP contribution is 2.26. The van der Waals surface area contributed by atoms with E-state index in [4.69, 9.17) is 5.73 Å². The predicted octanol–water partition coefficient (Wildman–Crippen LogP) is 1.61. The molecule has 0 spiro atoms. The molecule has 1 aliphatic heterocycles. The number of nitrogens with zero attached hydrogens (tertiary/aromatic N) is 3. The molecule has 0 saturated carbocycles. The topological polar surface area (TPSA) is 79.5 Å². The number of rotatable bonds is 4. The van der Waals surface area contributed by atoms with Crippen molar-refractivity contribution in [1.29, 1.82) is 0 Å². The third kappa shape index (κ3) is 3.45. The number of nitrogens with two attached hydrogens (primary N) is 1. The number of amides is 2. The number of nitrogen functional groups attached to an aromatic ring is 1. The maximum atomic E-state index is 13.9. The first kappa shape index (κ1) is 16.9. The zero-order valence-electron chi connectivity index (χ0n) is 13.9. The van der Waals surface area contributed by atoms with Gasteiger partial charge in [-0.25, -0.2) is 4.39 Å². The molecule has 2 amide bonds.